The number of hydrogen-bond acceptors (Lipinski definition) is 8. The molecule has 330 valence electrons. The van der Waals surface area contributed by atoms with E-state index in [2.05, 4.69) is 26.3 Å². The quantitative estimate of drug-likeness (QED) is 0.0772. The lowest BCUT2D eigenvalue weighted by atomic mass is 9.95. The van der Waals surface area contributed by atoms with E-state index < -0.39 is 96.3 Å². The first kappa shape index (κ1) is 48.9. The molecule has 1 aromatic heterocycles. The molecule has 3 rings (SSSR count). The van der Waals surface area contributed by atoms with Crippen LogP contribution in [-0.4, -0.2) is 88.1 Å². The number of ether oxygens (including phenoxy) is 1. The summed E-state index contributed by atoms with van der Waals surface area (Å²) in [5.41, 5.74) is 1.88. The summed E-state index contributed by atoms with van der Waals surface area (Å²) < 4.78 is 45.6. The number of aliphatic hydroxyl groups is 1. The summed E-state index contributed by atoms with van der Waals surface area (Å²) in [6, 6.07) is 9.72. The maximum absolute atomic E-state index is 13.8. The smallest absolute Gasteiger partial charge is 0.459 e. The lowest BCUT2D eigenvalue weighted by Crippen LogP contribution is -2.59. The third kappa shape index (κ3) is 14.7. The molecule has 0 saturated carbocycles. The fourth-order valence-electron chi connectivity index (χ4n) is 6.51. The van der Waals surface area contributed by atoms with E-state index in [9.17, 15) is 47.0 Å². The van der Waals surface area contributed by atoms with Gasteiger partial charge in [-0.2, -0.15) is 13.2 Å². The summed E-state index contributed by atoms with van der Waals surface area (Å²) in [4.78, 5) is 82.3. The van der Waals surface area contributed by atoms with Crippen molar-refractivity contribution < 1.29 is 51.8 Å². The zero-order valence-electron chi connectivity index (χ0n) is 35.3. The molecule has 0 aliphatic carbocycles. The number of alkyl halides is 3. The molecule has 0 aliphatic heterocycles. The van der Waals surface area contributed by atoms with Gasteiger partial charge in [-0.3, -0.25) is 24.0 Å². The lowest BCUT2D eigenvalue weighted by Gasteiger charge is -2.31. The van der Waals surface area contributed by atoms with Gasteiger partial charge in [-0.15, -0.1) is 0 Å². The van der Waals surface area contributed by atoms with E-state index in [0.29, 0.717) is 16.5 Å². The minimum atomic E-state index is -5.29. The highest BCUT2D eigenvalue weighted by molar-refractivity contribution is 5.94. The van der Waals surface area contributed by atoms with Gasteiger partial charge in [-0.05, 0) is 47.3 Å². The number of halogens is 3. The molecule has 7 N–H and O–H groups in total. The molecule has 0 aliphatic rings. The highest BCUT2D eigenvalue weighted by Gasteiger charge is 2.42. The van der Waals surface area contributed by atoms with Gasteiger partial charge in [-0.25, -0.2) is 4.79 Å². The van der Waals surface area contributed by atoms with Gasteiger partial charge in [0.2, 0.25) is 23.6 Å². The van der Waals surface area contributed by atoms with Crippen molar-refractivity contribution in [2.75, 3.05) is 0 Å². The van der Waals surface area contributed by atoms with Crippen molar-refractivity contribution in [2.45, 2.75) is 124 Å². The standard InChI is InChI=1S/C43H59F3N6O8/c1-23(2)18-31(33(53)20-34(54)50-35(24(3)4)40(57)52-37(26(7)8)41(58)60-22-27-14-10-9-11-15-27)48-39(56)36(25(5)6)51-38(55)32(49-42(59)43(44,45)46)19-28-21-47-30-17-13-12-16-29(28)30/h9-17,21,23-26,31-33,35-37,47,53H,18-20,22H2,1-8H3,(H,48,56)(H,49,59)(H,50,54)(H,51,55)(H,52,57)/t31-,32-,33-,35-,36-,37-/m0/s1. The van der Waals surface area contributed by atoms with Crippen LogP contribution < -0.4 is 26.6 Å². The van der Waals surface area contributed by atoms with Crippen LogP contribution in [0.2, 0.25) is 0 Å². The van der Waals surface area contributed by atoms with Gasteiger partial charge in [-0.1, -0.05) is 104 Å². The first-order valence-electron chi connectivity index (χ1n) is 20.1. The number of fused-ring (bicyclic) bond motifs is 1. The molecule has 6 atom stereocenters. The molecule has 5 amide bonds. The third-order valence-corrected chi connectivity index (χ3v) is 9.85. The second kappa shape index (κ2) is 22.2. The molecule has 0 spiro atoms. The van der Waals surface area contributed by atoms with Crippen molar-refractivity contribution in [3.05, 3.63) is 71.9 Å². The number of aromatic amines is 1. The predicted octanol–water partition coefficient (Wildman–Crippen LogP) is 4.21. The molecule has 0 fully saturated rings. The monoisotopic (exact) mass is 844 g/mol. The van der Waals surface area contributed by atoms with E-state index in [-0.39, 0.29) is 31.3 Å². The number of para-hydroxylation sites is 1. The van der Waals surface area contributed by atoms with Gasteiger partial charge in [0, 0.05) is 23.5 Å². The number of carbonyl (C=O) groups is 6. The highest BCUT2D eigenvalue weighted by Crippen LogP contribution is 2.21. The fraction of sp³-hybridized carbons (Fsp3) is 0.535. The number of nitrogens with one attached hydrogen (secondary N) is 6. The van der Waals surface area contributed by atoms with Gasteiger partial charge >= 0.3 is 18.1 Å². The average molecular weight is 845 g/mol. The molecular formula is C43H59F3N6O8. The summed E-state index contributed by atoms with van der Waals surface area (Å²) in [6.45, 7) is 13.7. The molecule has 0 radical (unpaired) electrons. The second-order valence-corrected chi connectivity index (χ2v) is 16.4. The number of H-pyrrole nitrogens is 1. The van der Waals surface area contributed by atoms with Crippen LogP contribution in [-0.2, 0) is 46.5 Å². The Labute approximate surface area is 348 Å². The lowest BCUT2D eigenvalue weighted by molar-refractivity contribution is -0.174. The van der Waals surface area contributed by atoms with Gasteiger partial charge in [0.15, 0.2) is 0 Å². The van der Waals surface area contributed by atoms with E-state index in [1.54, 1.807) is 95.4 Å². The number of benzene rings is 2. The van der Waals surface area contributed by atoms with E-state index in [4.69, 9.17) is 4.74 Å². The molecule has 0 unspecified atom stereocenters. The number of carbonyl (C=O) groups excluding carboxylic acids is 6. The predicted molar refractivity (Wildman–Crippen MR) is 219 cm³/mol. The molecule has 3 aromatic rings. The Hall–Kier alpha value is -5.45. The van der Waals surface area contributed by atoms with Crippen molar-refractivity contribution in [1.29, 1.82) is 0 Å². The minimum absolute atomic E-state index is 0.00582. The van der Waals surface area contributed by atoms with Crippen LogP contribution in [0.3, 0.4) is 0 Å². The molecule has 2 aromatic carbocycles. The summed E-state index contributed by atoms with van der Waals surface area (Å²) in [5, 5.41) is 24.2. The number of esters is 1. The summed E-state index contributed by atoms with van der Waals surface area (Å²) in [5.74, 6) is -7.69. The first-order chi connectivity index (χ1) is 28.1. The van der Waals surface area contributed by atoms with E-state index >= 15 is 0 Å². The van der Waals surface area contributed by atoms with Crippen LogP contribution >= 0.6 is 0 Å². The molecule has 0 saturated heterocycles. The minimum Gasteiger partial charge on any atom is -0.459 e. The molecule has 60 heavy (non-hydrogen) atoms. The Kier molecular flexibility index (Phi) is 18.1. The van der Waals surface area contributed by atoms with Crippen molar-refractivity contribution in [3.63, 3.8) is 0 Å². The molecule has 0 bridgehead atoms. The van der Waals surface area contributed by atoms with Crippen molar-refractivity contribution in [2.24, 2.45) is 23.7 Å². The molecule has 17 heteroatoms. The van der Waals surface area contributed by atoms with Gasteiger partial charge in [0.05, 0.1) is 18.6 Å². The molecule has 14 nitrogen and oxygen atoms in total. The fourth-order valence-corrected chi connectivity index (χ4v) is 6.51. The SMILES string of the molecule is CC(C)C[C@H](NC(=O)[C@@H](NC(=O)[C@H](Cc1c[nH]c2ccccc12)NC(=O)C(F)(F)F)C(C)C)[C@@H](O)CC(=O)N[C@H](C(=O)N[C@H](C(=O)OCc1ccccc1)C(C)C)C(C)C. The van der Waals surface area contributed by atoms with Crippen LogP contribution in [0.4, 0.5) is 13.2 Å². The molecule has 1 heterocycles. The van der Waals surface area contributed by atoms with Crippen LogP contribution in [0.15, 0.2) is 60.8 Å². The second-order valence-electron chi connectivity index (χ2n) is 16.4. The van der Waals surface area contributed by atoms with Crippen molar-refractivity contribution in [1.82, 2.24) is 31.6 Å². The van der Waals surface area contributed by atoms with Crippen LogP contribution in [0.1, 0.15) is 79.4 Å². The zero-order valence-corrected chi connectivity index (χ0v) is 35.3. The number of aromatic nitrogens is 1. The normalized spacial score (nSPS) is 14.9. The number of hydrogen-bond donors (Lipinski definition) is 7. The van der Waals surface area contributed by atoms with Crippen LogP contribution in [0.25, 0.3) is 10.9 Å². The van der Waals surface area contributed by atoms with E-state index in [0.717, 1.165) is 5.56 Å². The highest BCUT2D eigenvalue weighted by atomic mass is 19.4. The van der Waals surface area contributed by atoms with Gasteiger partial charge in [0.1, 0.15) is 30.8 Å². The summed E-state index contributed by atoms with van der Waals surface area (Å²) in [6.07, 6.45) is -5.94. The van der Waals surface area contributed by atoms with Gasteiger partial charge in [0.25, 0.3) is 0 Å². The Morgan fingerprint density at radius 3 is 1.83 bits per heavy atom. The number of amides is 5. The maximum atomic E-state index is 13.8. The maximum Gasteiger partial charge on any atom is 0.471 e. The third-order valence-electron chi connectivity index (χ3n) is 9.85. The Morgan fingerprint density at radius 1 is 0.700 bits per heavy atom. The van der Waals surface area contributed by atoms with Crippen molar-refractivity contribution >= 4 is 46.4 Å². The summed E-state index contributed by atoms with van der Waals surface area (Å²) >= 11 is 0. The van der Waals surface area contributed by atoms with E-state index in [1.807, 2.05) is 19.9 Å². The van der Waals surface area contributed by atoms with E-state index in [1.165, 1.54) is 6.20 Å². The zero-order chi connectivity index (χ0) is 44.9. The Balaban J connectivity index is 1.72. The number of aliphatic hydroxyl groups excluding tert-OH is 1. The topological polar surface area (TPSA) is 208 Å². The van der Waals surface area contributed by atoms with Crippen molar-refractivity contribution in [3.8, 4) is 0 Å². The summed E-state index contributed by atoms with van der Waals surface area (Å²) in [7, 11) is 0. The number of rotatable bonds is 21. The van der Waals surface area contributed by atoms with Crippen LogP contribution in [0, 0.1) is 23.7 Å². The first-order valence-corrected chi connectivity index (χ1v) is 20.1. The average Bonchev–Trinajstić information content (AvgIpc) is 3.58. The largest absolute Gasteiger partial charge is 0.471 e. The molecular weight excluding hydrogens is 786 g/mol. The van der Waals surface area contributed by atoms with Gasteiger partial charge < -0.3 is 41.4 Å². The Morgan fingerprint density at radius 2 is 1.25 bits per heavy atom. The van der Waals surface area contributed by atoms with Crippen LogP contribution in [0.5, 0.6) is 0 Å². The Bertz CT molecular complexity index is 1920.